The molecule has 1 aromatic rings. The van der Waals surface area contributed by atoms with Crippen LogP contribution in [0.15, 0.2) is 11.2 Å². The fourth-order valence-corrected chi connectivity index (χ4v) is 2.09. The Balaban J connectivity index is 2.81. The number of sulfonamides is 1. The number of alkyl halides is 1. The van der Waals surface area contributed by atoms with Gasteiger partial charge >= 0.3 is 0 Å². The first-order chi connectivity index (χ1) is 6.60. The molecular formula is C7H12ClN3O2S. The molecule has 0 unspecified atom stereocenters. The zero-order valence-electron chi connectivity index (χ0n) is 7.75. The molecule has 14 heavy (non-hydrogen) atoms. The number of hydrogen-bond donors (Lipinski definition) is 2. The minimum absolute atomic E-state index is 0.0828. The van der Waals surface area contributed by atoms with E-state index in [4.69, 9.17) is 11.6 Å². The van der Waals surface area contributed by atoms with E-state index in [2.05, 4.69) is 14.7 Å². The fourth-order valence-electron chi connectivity index (χ4n) is 0.910. The number of H-pyrrole nitrogens is 1. The summed E-state index contributed by atoms with van der Waals surface area (Å²) in [5, 5.41) is 0.0828. The third-order valence-electron chi connectivity index (χ3n) is 1.62. The summed E-state index contributed by atoms with van der Waals surface area (Å²) in [5.74, 6) is 0.893. The second-order valence-electron chi connectivity index (χ2n) is 2.63. The van der Waals surface area contributed by atoms with Gasteiger partial charge < -0.3 is 4.98 Å². The van der Waals surface area contributed by atoms with Crippen LogP contribution in [0.25, 0.3) is 0 Å². The van der Waals surface area contributed by atoms with Crippen LogP contribution in [0, 0.1) is 0 Å². The number of nitrogens with one attached hydrogen (secondary N) is 2. The molecular weight excluding hydrogens is 226 g/mol. The lowest BCUT2D eigenvalue weighted by Crippen LogP contribution is -2.25. The van der Waals surface area contributed by atoms with Crippen LogP contribution in [-0.4, -0.2) is 30.8 Å². The number of hydrogen-bond acceptors (Lipinski definition) is 3. The highest BCUT2D eigenvalue weighted by Gasteiger charge is 2.15. The van der Waals surface area contributed by atoms with Crippen molar-refractivity contribution in [1.82, 2.24) is 14.7 Å². The second kappa shape index (κ2) is 4.77. The molecule has 0 radical (unpaired) electrons. The van der Waals surface area contributed by atoms with Crippen LogP contribution in [0.3, 0.4) is 0 Å². The average molecular weight is 238 g/mol. The van der Waals surface area contributed by atoms with E-state index in [9.17, 15) is 8.42 Å². The van der Waals surface area contributed by atoms with Gasteiger partial charge in [0.1, 0.15) is 5.82 Å². The molecule has 0 aliphatic carbocycles. The van der Waals surface area contributed by atoms with Crippen LogP contribution in [0.5, 0.6) is 0 Å². The highest BCUT2D eigenvalue weighted by Crippen LogP contribution is 2.05. The molecule has 0 bridgehead atoms. The largest absolute Gasteiger partial charge is 0.332 e. The number of aromatic amines is 1. The number of rotatable bonds is 5. The molecule has 0 aliphatic heterocycles. The quantitative estimate of drug-likeness (QED) is 0.732. The maximum atomic E-state index is 11.5. The predicted molar refractivity (Wildman–Crippen MR) is 53.9 cm³/mol. The van der Waals surface area contributed by atoms with Gasteiger partial charge in [-0.05, 0) is 0 Å². The molecule has 5 nitrogen and oxygen atoms in total. The summed E-state index contributed by atoms with van der Waals surface area (Å²) in [6, 6.07) is 0. The Morgan fingerprint density at radius 1 is 1.64 bits per heavy atom. The molecule has 0 aromatic carbocycles. The SMILES string of the molecule is CCc1ncc(S(=O)(=O)NCCCl)[nH]1. The van der Waals surface area contributed by atoms with Gasteiger partial charge in [0.05, 0.1) is 6.20 Å². The van der Waals surface area contributed by atoms with Crippen molar-refractivity contribution in [1.29, 1.82) is 0 Å². The number of aryl methyl sites for hydroxylation is 1. The van der Waals surface area contributed by atoms with Gasteiger partial charge in [-0.1, -0.05) is 6.92 Å². The monoisotopic (exact) mass is 237 g/mol. The zero-order valence-corrected chi connectivity index (χ0v) is 9.32. The summed E-state index contributed by atoms with van der Waals surface area (Å²) in [7, 11) is -3.46. The van der Waals surface area contributed by atoms with E-state index in [0.717, 1.165) is 0 Å². The van der Waals surface area contributed by atoms with E-state index < -0.39 is 10.0 Å². The van der Waals surface area contributed by atoms with Crippen molar-refractivity contribution < 1.29 is 8.42 Å². The summed E-state index contributed by atoms with van der Waals surface area (Å²) in [6.07, 6.45) is 1.97. The number of nitrogens with zero attached hydrogens (tertiary/aromatic N) is 1. The molecule has 1 rings (SSSR count). The smallest absolute Gasteiger partial charge is 0.257 e. The maximum Gasteiger partial charge on any atom is 0.257 e. The van der Waals surface area contributed by atoms with Gasteiger partial charge in [0.15, 0.2) is 5.03 Å². The topological polar surface area (TPSA) is 74.8 Å². The standard InChI is InChI=1S/C7H12ClN3O2S/c1-2-6-9-5-7(11-6)14(12,13)10-4-3-8/h5,10H,2-4H2,1H3,(H,9,11). The lowest BCUT2D eigenvalue weighted by molar-refractivity contribution is 0.580. The predicted octanol–water partition coefficient (Wildman–Crippen LogP) is 0.489. The normalized spacial score (nSPS) is 11.9. The van der Waals surface area contributed by atoms with Crippen LogP contribution in [0.2, 0.25) is 0 Å². The minimum Gasteiger partial charge on any atom is -0.332 e. The van der Waals surface area contributed by atoms with Crippen molar-refractivity contribution in [3.05, 3.63) is 12.0 Å². The first kappa shape index (κ1) is 11.5. The van der Waals surface area contributed by atoms with Crippen LogP contribution in [0.4, 0.5) is 0 Å². The Hall–Kier alpha value is -0.590. The van der Waals surface area contributed by atoms with Gasteiger partial charge in [0.25, 0.3) is 10.0 Å². The maximum absolute atomic E-state index is 11.5. The molecule has 0 saturated carbocycles. The molecule has 0 atom stereocenters. The van der Waals surface area contributed by atoms with E-state index in [1.165, 1.54) is 6.20 Å². The van der Waals surface area contributed by atoms with E-state index >= 15 is 0 Å². The van der Waals surface area contributed by atoms with Gasteiger partial charge in [-0.25, -0.2) is 18.1 Å². The summed E-state index contributed by atoms with van der Waals surface area (Å²) in [5.41, 5.74) is 0. The minimum atomic E-state index is -3.46. The molecule has 1 heterocycles. The number of imidazole rings is 1. The van der Waals surface area contributed by atoms with Gasteiger partial charge in [0.2, 0.25) is 0 Å². The summed E-state index contributed by atoms with van der Waals surface area (Å²) in [4.78, 5) is 6.61. The Morgan fingerprint density at radius 3 is 2.86 bits per heavy atom. The first-order valence-electron chi connectivity index (χ1n) is 4.19. The van der Waals surface area contributed by atoms with Crippen molar-refractivity contribution in [2.75, 3.05) is 12.4 Å². The molecule has 0 saturated heterocycles. The van der Waals surface area contributed by atoms with Crippen molar-refractivity contribution in [2.24, 2.45) is 0 Å². The summed E-state index contributed by atoms with van der Waals surface area (Å²) >= 11 is 5.37. The molecule has 0 fully saturated rings. The number of halogens is 1. The fraction of sp³-hybridized carbons (Fsp3) is 0.571. The van der Waals surface area contributed by atoms with Gasteiger partial charge in [-0.2, -0.15) is 0 Å². The van der Waals surface area contributed by atoms with Crippen molar-refractivity contribution in [3.8, 4) is 0 Å². The Morgan fingerprint density at radius 2 is 2.36 bits per heavy atom. The molecule has 2 N–H and O–H groups in total. The molecule has 1 aromatic heterocycles. The van der Waals surface area contributed by atoms with Crippen LogP contribution in [-0.2, 0) is 16.4 Å². The lowest BCUT2D eigenvalue weighted by atomic mass is 10.5. The molecule has 7 heteroatoms. The molecule has 0 amide bonds. The summed E-state index contributed by atoms with van der Waals surface area (Å²) < 4.78 is 25.3. The van der Waals surface area contributed by atoms with E-state index in [0.29, 0.717) is 12.2 Å². The highest BCUT2D eigenvalue weighted by atomic mass is 35.5. The third kappa shape index (κ3) is 2.70. The third-order valence-corrected chi connectivity index (χ3v) is 3.18. The zero-order chi connectivity index (χ0) is 10.6. The second-order valence-corrected chi connectivity index (χ2v) is 4.75. The molecule has 80 valence electrons. The van der Waals surface area contributed by atoms with Gasteiger partial charge in [-0.3, -0.25) is 0 Å². The van der Waals surface area contributed by atoms with Gasteiger partial charge in [0, 0.05) is 18.8 Å². The Bertz CT molecular complexity index is 387. The Labute approximate surface area is 87.9 Å². The van der Waals surface area contributed by atoms with Crippen molar-refractivity contribution in [2.45, 2.75) is 18.4 Å². The average Bonchev–Trinajstić information content (AvgIpc) is 2.63. The number of aromatic nitrogens is 2. The highest BCUT2D eigenvalue weighted by molar-refractivity contribution is 7.89. The van der Waals surface area contributed by atoms with Crippen molar-refractivity contribution in [3.63, 3.8) is 0 Å². The summed E-state index contributed by atoms with van der Waals surface area (Å²) in [6.45, 7) is 2.10. The van der Waals surface area contributed by atoms with Crippen molar-refractivity contribution >= 4 is 21.6 Å². The van der Waals surface area contributed by atoms with Gasteiger partial charge in [-0.15, -0.1) is 11.6 Å². The van der Waals surface area contributed by atoms with Crippen LogP contribution in [0.1, 0.15) is 12.7 Å². The molecule has 0 spiro atoms. The Kier molecular flexibility index (Phi) is 3.91. The van der Waals surface area contributed by atoms with Crippen LogP contribution < -0.4 is 4.72 Å². The lowest BCUT2D eigenvalue weighted by Gasteiger charge is -2.00. The van der Waals surface area contributed by atoms with Crippen LogP contribution >= 0.6 is 11.6 Å². The molecule has 0 aliphatic rings. The van der Waals surface area contributed by atoms with E-state index in [-0.39, 0.29) is 17.5 Å². The van der Waals surface area contributed by atoms with E-state index in [1.54, 1.807) is 0 Å². The van der Waals surface area contributed by atoms with E-state index in [1.807, 2.05) is 6.92 Å². The first-order valence-corrected chi connectivity index (χ1v) is 6.21.